The van der Waals surface area contributed by atoms with Crippen molar-refractivity contribution in [1.29, 1.82) is 0 Å². The number of hydrogen-bond acceptors (Lipinski definition) is 6. The molecule has 6 nitrogen and oxygen atoms in total. The lowest BCUT2D eigenvalue weighted by Gasteiger charge is -2.32. The third kappa shape index (κ3) is 6.54. The van der Waals surface area contributed by atoms with Crippen LogP contribution in [0, 0.1) is 5.92 Å². The minimum absolute atomic E-state index is 0.00223. The van der Waals surface area contributed by atoms with Gasteiger partial charge in [0.05, 0.1) is 13.2 Å². The van der Waals surface area contributed by atoms with Crippen molar-refractivity contribution in [3.05, 3.63) is 107 Å². The number of nitrogens with one attached hydrogen (secondary N) is 1. The fraction of sp³-hybridized carbons (Fsp3) is 0.300. The first kappa shape index (κ1) is 25.0. The zero-order valence-electron chi connectivity index (χ0n) is 21.0. The van der Waals surface area contributed by atoms with Gasteiger partial charge in [-0.15, -0.1) is 0 Å². The van der Waals surface area contributed by atoms with Crippen molar-refractivity contribution in [2.24, 2.45) is 5.92 Å². The van der Waals surface area contributed by atoms with Crippen LogP contribution in [0.3, 0.4) is 0 Å². The first-order valence-electron chi connectivity index (χ1n) is 12.8. The molecule has 0 radical (unpaired) electrons. The van der Waals surface area contributed by atoms with Crippen molar-refractivity contribution in [3.63, 3.8) is 0 Å². The number of carbonyl (C=O) groups is 1. The molecule has 1 aromatic heterocycles. The molecule has 0 spiro atoms. The summed E-state index contributed by atoms with van der Waals surface area (Å²) in [5.41, 5.74) is 3.48. The van der Waals surface area contributed by atoms with E-state index in [0.29, 0.717) is 6.42 Å². The Morgan fingerprint density at radius 2 is 1.70 bits per heavy atom. The summed E-state index contributed by atoms with van der Waals surface area (Å²) < 4.78 is 9.90. The molecule has 1 saturated heterocycles. The van der Waals surface area contributed by atoms with Crippen LogP contribution in [-0.4, -0.2) is 35.5 Å². The van der Waals surface area contributed by atoms with Gasteiger partial charge in [-0.1, -0.05) is 72.8 Å². The quantitative estimate of drug-likeness (QED) is 0.323. The molecule has 1 aliphatic heterocycles. The molecule has 37 heavy (non-hydrogen) atoms. The summed E-state index contributed by atoms with van der Waals surface area (Å²) in [7, 11) is 1.67. The zero-order chi connectivity index (χ0) is 25.5. The summed E-state index contributed by atoms with van der Waals surface area (Å²) in [5, 5.41) is 4.29. The van der Waals surface area contributed by atoms with Gasteiger partial charge < -0.3 is 15.0 Å². The van der Waals surface area contributed by atoms with Gasteiger partial charge in [0, 0.05) is 37.0 Å². The fourth-order valence-corrected chi connectivity index (χ4v) is 5.56. The second-order valence-corrected chi connectivity index (χ2v) is 10.2. The van der Waals surface area contributed by atoms with Gasteiger partial charge in [-0.05, 0) is 48.1 Å². The molecule has 1 unspecified atom stereocenters. The predicted molar refractivity (Wildman–Crippen MR) is 148 cm³/mol. The smallest absolute Gasteiger partial charge is 0.223 e. The van der Waals surface area contributed by atoms with Crippen LogP contribution in [-0.2, 0) is 17.6 Å². The minimum atomic E-state index is -0.0449. The van der Waals surface area contributed by atoms with Gasteiger partial charge in [-0.25, -0.2) is 4.98 Å². The number of benzene rings is 3. The van der Waals surface area contributed by atoms with E-state index in [9.17, 15) is 4.79 Å². The Morgan fingerprint density at radius 1 is 1.00 bits per heavy atom. The maximum atomic E-state index is 13.3. The molecule has 1 N–H and O–H groups in total. The first-order valence-corrected chi connectivity index (χ1v) is 13.5. The number of anilines is 1. The van der Waals surface area contributed by atoms with Crippen molar-refractivity contribution in [2.75, 3.05) is 25.1 Å². The minimum Gasteiger partial charge on any atom is -0.497 e. The summed E-state index contributed by atoms with van der Waals surface area (Å²) in [6.45, 7) is 1.61. The Balaban J connectivity index is 1.18. The van der Waals surface area contributed by atoms with Gasteiger partial charge in [0.1, 0.15) is 11.6 Å². The van der Waals surface area contributed by atoms with Crippen LogP contribution in [0.25, 0.3) is 0 Å². The van der Waals surface area contributed by atoms with Gasteiger partial charge in [-0.2, -0.15) is 4.37 Å². The van der Waals surface area contributed by atoms with Gasteiger partial charge in [0.2, 0.25) is 11.0 Å². The van der Waals surface area contributed by atoms with Crippen molar-refractivity contribution < 1.29 is 9.53 Å². The van der Waals surface area contributed by atoms with Crippen LogP contribution in [0.1, 0.15) is 41.4 Å². The number of rotatable bonds is 9. The maximum Gasteiger partial charge on any atom is 0.223 e. The molecule has 2 heterocycles. The van der Waals surface area contributed by atoms with E-state index in [0.717, 1.165) is 60.2 Å². The standard InChI is InChI=1S/C30H32N4O2S/c1-36-26-14-8-11-23(19-26)21-28-32-30(37-33-28)34-17-15-25(16-18-34)29(35)31-27(24-12-6-3-7-13-24)20-22-9-4-2-5-10-22/h2-14,19,25,27H,15-18,20-21H2,1H3,(H,31,35). The van der Waals surface area contributed by atoms with E-state index in [1.807, 2.05) is 54.6 Å². The van der Waals surface area contributed by atoms with E-state index >= 15 is 0 Å². The van der Waals surface area contributed by atoms with Crippen LogP contribution < -0.4 is 15.0 Å². The third-order valence-corrected chi connectivity index (χ3v) is 7.71. The summed E-state index contributed by atoms with van der Waals surface area (Å²) in [6, 6.07) is 28.6. The van der Waals surface area contributed by atoms with E-state index in [4.69, 9.17) is 9.72 Å². The first-order chi connectivity index (χ1) is 18.2. The molecule has 0 bridgehead atoms. The largest absolute Gasteiger partial charge is 0.497 e. The van der Waals surface area contributed by atoms with E-state index in [1.54, 1.807) is 7.11 Å². The van der Waals surface area contributed by atoms with Gasteiger partial charge >= 0.3 is 0 Å². The number of hydrogen-bond donors (Lipinski definition) is 1. The van der Waals surface area contributed by atoms with Crippen LogP contribution in [0.4, 0.5) is 5.13 Å². The van der Waals surface area contributed by atoms with E-state index < -0.39 is 0 Å². The molecule has 1 amide bonds. The van der Waals surface area contributed by atoms with Crippen molar-refractivity contribution >= 4 is 22.6 Å². The predicted octanol–water partition coefficient (Wildman–Crippen LogP) is 5.45. The summed E-state index contributed by atoms with van der Waals surface area (Å²) >= 11 is 1.44. The number of nitrogens with zero attached hydrogens (tertiary/aromatic N) is 3. The van der Waals surface area contributed by atoms with Gasteiger partial charge in [0.15, 0.2) is 0 Å². The number of amides is 1. The molecule has 1 fully saturated rings. The lowest BCUT2D eigenvalue weighted by atomic mass is 9.94. The number of methoxy groups -OCH3 is 1. The van der Waals surface area contributed by atoms with Crippen molar-refractivity contribution in [1.82, 2.24) is 14.7 Å². The van der Waals surface area contributed by atoms with Crippen molar-refractivity contribution in [3.8, 4) is 5.75 Å². The molecule has 1 aliphatic rings. The average molecular weight is 513 g/mol. The summed E-state index contributed by atoms with van der Waals surface area (Å²) in [5.74, 6) is 1.80. The maximum absolute atomic E-state index is 13.3. The Bertz CT molecular complexity index is 1290. The number of carbonyl (C=O) groups excluding carboxylic acids is 1. The topological polar surface area (TPSA) is 67.3 Å². The Labute approximate surface area is 222 Å². The molecular formula is C30H32N4O2S. The number of aromatic nitrogens is 2. The normalized spacial score (nSPS) is 14.8. The highest BCUT2D eigenvalue weighted by molar-refractivity contribution is 7.09. The van der Waals surface area contributed by atoms with Crippen molar-refractivity contribution in [2.45, 2.75) is 31.7 Å². The second kappa shape index (κ2) is 12.0. The second-order valence-electron chi connectivity index (χ2n) is 9.44. The molecule has 1 atom stereocenters. The molecule has 4 aromatic rings. The Hall–Kier alpha value is -3.71. The highest BCUT2D eigenvalue weighted by Gasteiger charge is 2.28. The lowest BCUT2D eigenvalue weighted by molar-refractivity contribution is -0.126. The van der Waals surface area contributed by atoms with Crippen LogP contribution in [0.15, 0.2) is 84.9 Å². The van der Waals surface area contributed by atoms with Crippen LogP contribution >= 0.6 is 11.5 Å². The SMILES string of the molecule is COc1cccc(Cc2nsc(N3CCC(C(=O)NC(Cc4ccccc4)c4ccccc4)CC3)n2)c1. The van der Waals surface area contributed by atoms with E-state index in [-0.39, 0.29) is 17.9 Å². The van der Waals surface area contributed by atoms with Crippen LogP contribution in [0.2, 0.25) is 0 Å². The molecular weight excluding hydrogens is 480 g/mol. The highest BCUT2D eigenvalue weighted by Crippen LogP contribution is 2.27. The number of ether oxygens (including phenoxy) is 1. The monoisotopic (exact) mass is 512 g/mol. The van der Waals surface area contributed by atoms with Gasteiger partial charge in [-0.3, -0.25) is 4.79 Å². The molecule has 0 saturated carbocycles. The highest BCUT2D eigenvalue weighted by atomic mass is 32.1. The molecule has 190 valence electrons. The Kier molecular flexibility index (Phi) is 8.11. The van der Waals surface area contributed by atoms with Gasteiger partial charge in [0.25, 0.3) is 0 Å². The fourth-order valence-electron chi connectivity index (χ4n) is 4.82. The lowest BCUT2D eigenvalue weighted by Crippen LogP contribution is -2.42. The molecule has 3 aromatic carbocycles. The zero-order valence-corrected chi connectivity index (χ0v) is 21.9. The van der Waals surface area contributed by atoms with E-state index in [1.165, 1.54) is 17.1 Å². The molecule has 5 rings (SSSR count). The average Bonchev–Trinajstić information content (AvgIpc) is 3.42. The molecule has 0 aliphatic carbocycles. The summed E-state index contributed by atoms with van der Waals surface area (Å²) in [6.07, 6.45) is 3.07. The number of piperidine rings is 1. The Morgan fingerprint density at radius 3 is 2.43 bits per heavy atom. The van der Waals surface area contributed by atoms with Crippen LogP contribution in [0.5, 0.6) is 5.75 Å². The summed E-state index contributed by atoms with van der Waals surface area (Å²) in [4.78, 5) is 20.4. The van der Waals surface area contributed by atoms with E-state index in [2.05, 4.69) is 44.9 Å². The third-order valence-electron chi connectivity index (χ3n) is 6.89. The molecule has 7 heteroatoms.